The second-order valence-electron chi connectivity index (χ2n) is 5.20. The zero-order chi connectivity index (χ0) is 13.8. The Bertz CT molecular complexity index is 545. The van der Waals surface area contributed by atoms with Crippen molar-refractivity contribution in [2.24, 2.45) is 4.99 Å². The maximum Gasteiger partial charge on any atom is 0.264 e. The monoisotopic (exact) mass is 286 g/mol. The Hall–Kier alpha value is -1.55. The molecule has 2 fully saturated rings. The van der Waals surface area contributed by atoms with Crippen LogP contribution in [0.4, 0.5) is 0 Å². The highest BCUT2D eigenvalue weighted by Gasteiger charge is 2.25. The van der Waals surface area contributed by atoms with Gasteiger partial charge in [-0.25, -0.2) is 0 Å². The van der Waals surface area contributed by atoms with Gasteiger partial charge < -0.3 is 5.32 Å². The van der Waals surface area contributed by atoms with Crippen LogP contribution in [0.5, 0.6) is 0 Å². The zero-order valence-electron chi connectivity index (χ0n) is 11.3. The molecule has 0 bridgehead atoms. The van der Waals surface area contributed by atoms with Crippen molar-refractivity contribution in [2.45, 2.75) is 38.1 Å². The fourth-order valence-corrected chi connectivity index (χ4v) is 3.46. The van der Waals surface area contributed by atoms with Crippen molar-refractivity contribution in [3.63, 3.8) is 0 Å². The first-order chi connectivity index (χ1) is 9.81. The van der Waals surface area contributed by atoms with Gasteiger partial charge in [0.2, 0.25) is 0 Å². The van der Waals surface area contributed by atoms with Crippen LogP contribution in [-0.2, 0) is 4.79 Å². The molecule has 3 rings (SSSR count). The minimum absolute atomic E-state index is 0.0339. The van der Waals surface area contributed by atoms with E-state index in [0.717, 1.165) is 28.5 Å². The molecule has 0 radical (unpaired) electrons. The summed E-state index contributed by atoms with van der Waals surface area (Å²) in [5.74, 6) is -0.0339. The van der Waals surface area contributed by atoms with Gasteiger partial charge >= 0.3 is 0 Å². The Balaban J connectivity index is 1.72. The van der Waals surface area contributed by atoms with Gasteiger partial charge in [-0.2, -0.15) is 0 Å². The van der Waals surface area contributed by atoms with Gasteiger partial charge in [0, 0.05) is 0 Å². The maximum atomic E-state index is 11.9. The smallest absolute Gasteiger partial charge is 0.264 e. The van der Waals surface area contributed by atoms with Gasteiger partial charge in [0.25, 0.3) is 5.91 Å². The number of hydrogen-bond donors (Lipinski definition) is 1. The molecular weight excluding hydrogens is 268 g/mol. The molecule has 1 heterocycles. The van der Waals surface area contributed by atoms with Crippen molar-refractivity contribution in [1.29, 1.82) is 0 Å². The van der Waals surface area contributed by atoms with Crippen LogP contribution in [0.3, 0.4) is 0 Å². The first kappa shape index (κ1) is 13.4. The van der Waals surface area contributed by atoms with Crippen LogP contribution in [0.1, 0.15) is 37.7 Å². The van der Waals surface area contributed by atoms with Crippen molar-refractivity contribution in [3.8, 4) is 0 Å². The second-order valence-corrected chi connectivity index (χ2v) is 6.23. The first-order valence-electron chi connectivity index (χ1n) is 7.15. The third-order valence-corrected chi connectivity index (χ3v) is 4.55. The third kappa shape index (κ3) is 3.31. The lowest BCUT2D eigenvalue weighted by atomic mass is 9.96. The van der Waals surface area contributed by atoms with E-state index < -0.39 is 0 Å². The molecule has 1 aliphatic heterocycles. The molecule has 0 spiro atoms. The molecule has 2 aliphatic rings. The summed E-state index contributed by atoms with van der Waals surface area (Å²) in [4.78, 5) is 17.4. The number of carbonyl (C=O) groups excluding carboxylic acids is 1. The first-order valence-corrected chi connectivity index (χ1v) is 7.97. The van der Waals surface area contributed by atoms with Crippen molar-refractivity contribution < 1.29 is 4.79 Å². The number of thioether (sulfide) groups is 1. The number of benzene rings is 1. The largest absolute Gasteiger partial charge is 0.301 e. The quantitative estimate of drug-likeness (QED) is 0.844. The molecule has 1 aliphatic carbocycles. The molecule has 0 unspecified atom stereocenters. The van der Waals surface area contributed by atoms with Gasteiger partial charge in [-0.1, -0.05) is 49.6 Å². The van der Waals surface area contributed by atoms with Gasteiger partial charge in [0.05, 0.1) is 10.9 Å². The van der Waals surface area contributed by atoms with Crippen molar-refractivity contribution in [1.82, 2.24) is 5.32 Å². The number of amides is 1. The lowest BCUT2D eigenvalue weighted by Crippen LogP contribution is -2.22. The number of nitrogens with zero attached hydrogens (tertiary/aromatic N) is 1. The van der Waals surface area contributed by atoms with E-state index in [4.69, 9.17) is 0 Å². The molecule has 20 heavy (non-hydrogen) atoms. The van der Waals surface area contributed by atoms with Crippen molar-refractivity contribution in [3.05, 3.63) is 40.8 Å². The number of aliphatic imine (C=N–C) groups is 1. The number of amidine groups is 1. The summed E-state index contributed by atoms with van der Waals surface area (Å²) in [6, 6.07) is 10.3. The number of hydrogen-bond acceptors (Lipinski definition) is 3. The molecule has 1 saturated carbocycles. The van der Waals surface area contributed by atoms with Gasteiger partial charge in [-0.15, -0.1) is 0 Å². The normalized spacial score (nSPS) is 24.3. The number of rotatable bonds is 2. The Labute approximate surface area is 123 Å². The minimum atomic E-state index is -0.0339. The Morgan fingerprint density at radius 2 is 1.90 bits per heavy atom. The van der Waals surface area contributed by atoms with Crippen LogP contribution in [-0.4, -0.2) is 17.1 Å². The fraction of sp³-hybridized carbons (Fsp3) is 0.375. The summed E-state index contributed by atoms with van der Waals surface area (Å²) < 4.78 is 0. The standard InChI is InChI=1S/C16H18N2OS/c19-15-14(11-12-7-3-1-4-8-12)20-16(18-15)17-13-9-5-2-6-10-13/h1,3-4,7-8,11,13H,2,5-6,9-10H2,(H,17,18,19). The molecule has 0 aromatic heterocycles. The summed E-state index contributed by atoms with van der Waals surface area (Å²) in [5.41, 5.74) is 1.05. The van der Waals surface area contributed by atoms with Crippen LogP contribution in [0, 0.1) is 0 Å². The fourth-order valence-electron chi connectivity index (χ4n) is 2.56. The highest BCUT2D eigenvalue weighted by molar-refractivity contribution is 8.18. The molecule has 1 aromatic carbocycles. The molecule has 4 heteroatoms. The SMILES string of the molecule is O=C1NC(=NC2CCCCC2)SC1=Cc1ccccc1. The van der Waals surface area contributed by atoms with Gasteiger partial charge in [0.15, 0.2) is 5.17 Å². The molecule has 1 N–H and O–H groups in total. The third-order valence-electron chi connectivity index (χ3n) is 3.62. The maximum absolute atomic E-state index is 11.9. The zero-order valence-corrected chi connectivity index (χ0v) is 12.2. The lowest BCUT2D eigenvalue weighted by Gasteiger charge is -2.17. The highest BCUT2D eigenvalue weighted by atomic mass is 32.2. The summed E-state index contributed by atoms with van der Waals surface area (Å²) in [7, 11) is 0. The Morgan fingerprint density at radius 3 is 2.65 bits per heavy atom. The number of nitrogens with one attached hydrogen (secondary N) is 1. The molecule has 1 aromatic rings. The molecule has 104 valence electrons. The molecule has 1 saturated heterocycles. The van der Waals surface area contributed by atoms with E-state index in [1.807, 2.05) is 36.4 Å². The Kier molecular flexibility index (Phi) is 4.21. The van der Waals surface area contributed by atoms with Gasteiger partial charge in [-0.05, 0) is 36.2 Å². The predicted octanol–water partition coefficient (Wildman–Crippen LogP) is 3.58. The van der Waals surface area contributed by atoms with E-state index in [9.17, 15) is 4.79 Å². The molecule has 3 nitrogen and oxygen atoms in total. The summed E-state index contributed by atoms with van der Waals surface area (Å²) in [6.45, 7) is 0. The van der Waals surface area contributed by atoms with Crippen LogP contribution in [0.25, 0.3) is 6.08 Å². The van der Waals surface area contributed by atoms with Crippen LogP contribution in [0.2, 0.25) is 0 Å². The van der Waals surface area contributed by atoms with E-state index in [-0.39, 0.29) is 5.91 Å². The average molecular weight is 286 g/mol. The van der Waals surface area contributed by atoms with E-state index in [2.05, 4.69) is 10.3 Å². The highest BCUT2D eigenvalue weighted by Crippen LogP contribution is 2.28. The van der Waals surface area contributed by atoms with Crippen LogP contribution in [0.15, 0.2) is 40.2 Å². The van der Waals surface area contributed by atoms with Gasteiger partial charge in [-0.3, -0.25) is 9.79 Å². The van der Waals surface area contributed by atoms with Crippen molar-refractivity contribution in [2.75, 3.05) is 0 Å². The second kappa shape index (κ2) is 6.27. The summed E-state index contributed by atoms with van der Waals surface area (Å²) in [5, 5.41) is 3.64. The average Bonchev–Trinajstić information content (AvgIpc) is 2.81. The summed E-state index contributed by atoms with van der Waals surface area (Å²) >= 11 is 1.46. The predicted molar refractivity (Wildman–Crippen MR) is 84.5 cm³/mol. The van der Waals surface area contributed by atoms with E-state index in [0.29, 0.717) is 6.04 Å². The minimum Gasteiger partial charge on any atom is -0.301 e. The lowest BCUT2D eigenvalue weighted by molar-refractivity contribution is -0.115. The van der Waals surface area contributed by atoms with E-state index in [1.165, 1.54) is 31.0 Å². The number of carbonyl (C=O) groups is 1. The van der Waals surface area contributed by atoms with E-state index in [1.54, 1.807) is 0 Å². The van der Waals surface area contributed by atoms with Gasteiger partial charge in [0.1, 0.15) is 0 Å². The summed E-state index contributed by atoms with van der Waals surface area (Å²) in [6.07, 6.45) is 8.05. The molecule has 0 atom stereocenters. The topological polar surface area (TPSA) is 41.5 Å². The van der Waals surface area contributed by atoms with Crippen molar-refractivity contribution >= 4 is 28.9 Å². The Morgan fingerprint density at radius 1 is 1.15 bits per heavy atom. The molecule has 1 amide bonds. The van der Waals surface area contributed by atoms with E-state index >= 15 is 0 Å². The molecular formula is C16H18N2OS. The van der Waals surface area contributed by atoms with Crippen LogP contribution >= 0.6 is 11.8 Å². The van der Waals surface area contributed by atoms with Crippen LogP contribution < -0.4 is 5.32 Å².